The molecule has 0 aromatic carbocycles. The molecule has 0 unspecified atom stereocenters. The zero-order valence-electron chi connectivity index (χ0n) is 11.9. The summed E-state index contributed by atoms with van der Waals surface area (Å²) in [6, 6.07) is 0.650. The van der Waals surface area contributed by atoms with Crippen molar-refractivity contribution in [1.29, 1.82) is 0 Å². The standard InChI is InChI=1S/C14H26N4/c1-12(2)17(3)8-4-5-9-18-11-16-13-10-15-7-6-14(13)18/h11-12,15H,4-10H2,1-3H3. The average Bonchev–Trinajstić information content (AvgIpc) is 2.77. The van der Waals surface area contributed by atoms with Gasteiger partial charge in [-0.05, 0) is 40.3 Å². The number of imidazole rings is 1. The smallest absolute Gasteiger partial charge is 0.0952 e. The molecular weight excluding hydrogens is 224 g/mol. The van der Waals surface area contributed by atoms with Crippen LogP contribution in [0.4, 0.5) is 0 Å². The monoisotopic (exact) mass is 250 g/mol. The minimum Gasteiger partial charge on any atom is -0.334 e. The normalized spacial score (nSPS) is 15.4. The third-order valence-corrected chi connectivity index (χ3v) is 3.91. The number of nitrogens with zero attached hydrogens (tertiary/aromatic N) is 3. The zero-order chi connectivity index (χ0) is 13.0. The lowest BCUT2D eigenvalue weighted by atomic mass is 10.2. The van der Waals surface area contributed by atoms with Crippen molar-refractivity contribution in [3.05, 3.63) is 17.7 Å². The SMILES string of the molecule is CC(C)N(C)CCCCn1cnc2c1CCNC2. The first-order valence-corrected chi connectivity index (χ1v) is 7.12. The number of fused-ring (bicyclic) bond motifs is 1. The Hall–Kier alpha value is -0.870. The van der Waals surface area contributed by atoms with E-state index in [2.05, 4.69) is 40.7 Å². The molecule has 0 spiro atoms. The van der Waals surface area contributed by atoms with E-state index in [-0.39, 0.29) is 0 Å². The van der Waals surface area contributed by atoms with E-state index in [1.807, 2.05) is 6.33 Å². The van der Waals surface area contributed by atoms with Gasteiger partial charge < -0.3 is 14.8 Å². The van der Waals surface area contributed by atoms with E-state index >= 15 is 0 Å². The van der Waals surface area contributed by atoms with Crippen LogP contribution in [0.15, 0.2) is 6.33 Å². The van der Waals surface area contributed by atoms with Gasteiger partial charge in [-0.2, -0.15) is 0 Å². The minimum atomic E-state index is 0.650. The van der Waals surface area contributed by atoms with Gasteiger partial charge in [-0.3, -0.25) is 0 Å². The Kier molecular flexibility index (Phi) is 4.78. The quantitative estimate of drug-likeness (QED) is 0.779. The Morgan fingerprint density at radius 1 is 1.44 bits per heavy atom. The van der Waals surface area contributed by atoms with Crippen LogP contribution in [-0.2, 0) is 19.5 Å². The molecule has 2 heterocycles. The third kappa shape index (κ3) is 3.33. The van der Waals surface area contributed by atoms with Crippen LogP contribution in [0.1, 0.15) is 38.1 Å². The number of aryl methyl sites for hydroxylation is 1. The van der Waals surface area contributed by atoms with E-state index in [4.69, 9.17) is 0 Å². The Morgan fingerprint density at radius 3 is 3.06 bits per heavy atom. The summed E-state index contributed by atoms with van der Waals surface area (Å²) < 4.78 is 2.35. The van der Waals surface area contributed by atoms with Crippen molar-refractivity contribution in [2.24, 2.45) is 0 Å². The molecule has 1 aromatic heterocycles. The summed E-state index contributed by atoms with van der Waals surface area (Å²) in [7, 11) is 2.20. The molecule has 1 aliphatic heterocycles. The molecule has 4 heteroatoms. The summed E-state index contributed by atoms with van der Waals surface area (Å²) >= 11 is 0. The molecule has 18 heavy (non-hydrogen) atoms. The van der Waals surface area contributed by atoms with Gasteiger partial charge in [0.1, 0.15) is 0 Å². The van der Waals surface area contributed by atoms with Crippen LogP contribution in [0.5, 0.6) is 0 Å². The fourth-order valence-corrected chi connectivity index (χ4v) is 2.39. The molecule has 2 rings (SSSR count). The molecule has 0 bridgehead atoms. The van der Waals surface area contributed by atoms with Crippen LogP contribution in [0, 0.1) is 0 Å². The van der Waals surface area contributed by atoms with Crippen LogP contribution in [-0.4, -0.2) is 40.6 Å². The maximum Gasteiger partial charge on any atom is 0.0952 e. The van der Waals surface area contributed by atoms with Crippen molar-refractivity contribution < 1.29 is 0 Å². The van der Waals surface area contributed by atoms with E-state index in [1.54, 1.807) is 0 Å². The van der Waals surface area contributed by atoms with Crippen LogP contribution < -0.4 is 5.32 Å². The Bertz CT molecular complexity index is 370. The average molecular weight is 250 g/mol. The van der Waals surface area contributed by atoms with E-state index in [0.29, 0.717) is 6.04 Å². The van der Waals surface area contributed by atoms with Crippen LogP contribution in [0.3, 0.4) is 0 Å². The molecular formula is C14H26N4. The van der Waals surface area contributed by atoms with Gasteiger partial charge in [0.2, 0.25) is 0 Å². The summed E-state index contributed by atoms with van der Waals surface area (Å²) in [5, 5.41) is 3.37. The van der Waals surface area contributed by atoms with Gasteiger partial charge in [0.25, 0.3) is 0 Å². The Labute approximate surface area is 110 Å². The number of unbranched alkanes of at least 4 members (excludes halogenated alkanes) is 1. The lowest BCUT2D eigenvalue weighted by Crippen LogP contribution is -2.27. The van der Waals surface area contributed by atoms with Crippen molar-refractivity contribution >= 4 is 0 Å². The third-order valence-electron chi connectivity index (χ3n) is 3.91. The first kappa shape index (κ1) is 13.6. The number of hydrogen-bond acceptors (Lipinski definition) is 3. The first-order valence-electron chi connectivity index (χ1n) is 7.12. The maximum atomic E-state index is 4.49. The number of hydrogen-bond donors (Lipinski definition) is 1. The predicted octanol–water partition coefficient (Wildman–Crippen LogP) is 1.65. The van der Waals surface area contributed by atoms with Gasteiger partial charge in [-0.1, -0.05) is 0 Å². The van der Waals surface area contributed by atoms with E-state index in [0.717, 1.165) is 26.1 Å². The maximum absolute atomic E-state index is 4.49. The fraction of sp³-hybridized carbons (Fsp3) is 0.786. The second-order valence-corrected chi connectivity index (χ2v) is 5.54. The van der Waals surface area contributed by atoms with Gasteiger partial charge in [0.05, 0.1) is 12.0 Å². The fourth-order valence-electron chi connectivity index (χ4n) is 2.39. The Balaban J connectivity index is 1.75. The molecule has 0 saturated heterocycles. The van der Waals surface area contributed by atoms with Crippen LogP contribution in [0.2, 0.25) is 0 Å². The van der Waals surface area contributed by atoms with Crippen LogP contribution >= 0.6 is 0 Å². The van der Waals surface area contributed by atoms with Gasteiger partial charge in [-0.25, -0.2) is 4.98 Å². The van der Waals surface area contributed by atoms with Crippen molar-refractivity contribution in [3.63, 3.8) is 0 Å². The summed E-state index contributed by atoms with van der Waals surface area (Å²) in [6.45, 7) is 8.84. The van der Waals surface area contributed by atoms with E-state index < -0.39 is 0 Å². The van der Waals surface area contributed by atoms with Gasteiger partial charge in [-0.15, -0.1) is 0 Å². The van der Waals surface area contributed by atoms with Crippen molar-refractivity contribution in [3.8, 4) is 0 Å². The van der Waals surface area contributed by atoms with Gasteiger partial charge in [0, 0.05) is 37.8 Å². The summed E-state index contributed by atoms with van der Waals surface area (Å²) in [5.74, 6) is 0. The summed E-state index contributed by atoms with van der Waals surface area (Å²) in [6.07, 6.45) is 5.65. The molecule has 0 atom stereocenters. The molecule has 0 amide bonds. The minimum absolute atomic E-state index is 0.650. The molecule has 0 fully saturated rings. The topological polar surface area (TPSA) is 33.1 Å². The highest BCUT2D eigenvalue weighted by atomic mass is 15.1. The molecule has 102 valence electrons. The van der Waals surface area contributed by atoms with Crippen molar-refractivity contribution in [1.82, 2.24) is 19.8 Å². The van der Waals surface area contributed by atoms with Crippen molar-refractivity contribution in [2.75, 3.05) is 20.1 Å². The summed E-state index contributed by atoms with van der Waals surface area (Å²) in [4.78, 5) is 6.90. The number of rotatable bonds is 6. The molecule has 1 aliphatic rings. The highest BCUT2D eigenvalue weighted by Gasteiger charge is 2.14. The highest BCUT2D eigenvalue weighted by molar-refractivity contribution is 5.16. The zero-order valence-corrected chi connectivity index (χ0v) is 11.9. The number of nitrogens with one attached hydrogen (secondary N) is 1. The lowest BCUT2D eigenvalue weighted by Gasteiger charge is -2.21. The second kappa shape index (κ2) is 6.34. The predicted molar refractivity (Wildman–Crippen MR) is 74.6 cm³/mol. The number of aromatic nitrogens is 2. The molecule has 1 aromatic rings. The molecule has 1 N–H and O–H groups in total. The van der Waals surface area contributed by atoms with E-state index in [1.165, 1.54) is 30.8 Å². The second-order valence-electron chi connectivity index (χ2n) is 5.54. The lowest BCUT2D eigenvalue weighted by molar-refractivity contribution is 0.266. The van der Waals surface area contributed by atoms with Gasteiger partial charge >= 0.3 is 0 Å². The summed E-state index contributed by atoms with van der Waals surface area (Å²) in [5.41, 5.74) is 2.70. The van der Waals surface area contributed by atoms with E-state index in [9.17, 15) is 0 Å². The first-order chi connectivity index (χ1) is 8.68. The molecule has 4 nitrogen and oxygen atoms in total. The molecule has 0 saturated carbocycles. The van der Waals surface area contributed by atoms with Crippen molar-refractivity contribution in [2.45, 2.75) is 52.2 Å². The molecule has 0 aliphatic carbocycles. The largest absolute Gasteiger partial charge is 0.334 e. The van der Waals surface area contributed by atoms with Gasteiger partial charge in [0.15, 0.2) is 0 Å². The highest BCUT2D eigenvalue weighted by Crippen LogP contribution is 2.13. The molecule has 0 radical (unpaired) electrons. The van der Waals surface area contributed by atoms with Crippen LogP contribution in [0.25, 0.3) is 0 Å². The Morgan fingerprint density at radius 2 is 2.28 bits per heavy atom.